The van der Waals surface area contributed by atoms with E-state index in [2.05, 4.69) is 15.3 Å². The van der Waals surface area contributed by atoms with Crippen LogP contribution in [0.5, 0.6) is 11.5 Å². The minimum atomic E-state index is -0.404. The van der Waals surface area contributed by atoms with E-state index in [1.807, 2.05) is 55.5 Å². The van der Waals surface area contributed by atoms with E-state index in [-0.39, 0.29) is 11.5 Å². The van der Waals surface area contributed by atoms with Crippen molar-refractivity contribution in [2.24, 2.45) is 0 Å². The van der Waals surface area contributed by atoms with Gasteiger partial charge in [-0.2, -0.15) is 0 Å². The Kier molecular flexibility index (Phi) is 4.34. The molecule has 4 aromatic rings. The predicted octanol–water partition coefficient (Wildman–Crippen LogP) is 4.55. The number of phenols is 2. The molecule has 0 radical (unpaired) electrons. The van der Waals surface area contributed by atoms with Crippen molar-refractivity contribution >= 4 is 16.7 Å². The fraction of sp³-hybridized carbons (Fsp3) is 0.0909. The lowest BCUT2D eigenvalue weighted by Gasteiger charge is -2.22. The third-order valence-electron chi connectivity index (χ3n) is 4.48. The Labute approximate surface area is 157 Å². The molecule has 0 fully saturated rings. The van der Waals surface area contributed by atoms with E-state index in [0.717, 1.165) is 16.6 Å². The standard InChI is InChI=1S/C22H19N3O2/c1-14-8-9-15-10-11-18(22(27)21(15)24-14)20(16-5-4-6-17(26)13-16)25-19-7-2-3-12-23-19/h2-13,20,26-27H,1H3,(H,23,25)/t20-/m0/s1. The van der Waals surface area contributed by atoms with E-state index in [1.54, 1.807) is 24.4 Å². The molecule has 0 saturated heterocycles. The third-order valence-corrected chi connectivity index (χ3v) is 4.48. The number of aromatic hydroxyl groups is 2. The van der Waals surface area contributed by atoms with Crippen molar-refractivity contribution in [2.75, 3.05) is 5.32 Å². The van der Waals surface area contributed by atoms with E-state index in [1.165, 1.54) is 0 Å². The quantitative estimate of drug-likeness (QED) is 0.499. The smallest absolute Gasteiger partial charge is 0.147 e. The number of nitrogens with one attached hydrogen (secondary N) is 1. The zero-order valence-electron chi connectivity index (χ0n) is 14.8. The number of hydrogen-bond donors (Lipinski definition) is 3. The topological polar surface area (TPSA) is 78.3 Å². The van der Waals surface area contributed by atoms with Gasteiger partial charge in [0.05, 0.1) is 6.04 Å². The minimum Gasteiger partial charge on any atom is -0.508 e. The van der Waals surface area contributed by atoms with Crippen LogP contribution in [-0.2, 0) is 0 Å². The van der Waals surface area contributed by atoms with Crippen LogP contribution in [0.3, 0.4) is 0 Å². The summed E-state index contributed by atoms with van der Waals surface area (Å²) in [4.78, 5) is 8.82. The second-order valence-electron chi connectivity index (χ2n) is 6.42. The third kappa shape index (κ3) is 3.40. The molecule has 5 heteroatoms. The Morgan fingerprint density at radius 3 is 2.56 bits per heavy atom. The molecule has 0 amide bonds. The lowest BCUT2D eigenvalue weighted by Crippen LogP contribution is -2.13. The summed E-state index contributed by atoms with van der Waals surface area (Å²) in [5.74, 6) is 0.949. The summed E-state index contributed by atoms with van der Waals surface area (Å²) in [5, 5.41) is 25.1. The van der Waals surface area contributed by atoms with E-state index in [4.69, 9.17) is 0 Å². The first-order valence-corrected chi connectivity index (χ1v) is 8.67. The molecule has 1 atom stereocenters. The molecule has 0 saturated carbocycles. The Hall–Kier alpha value is -3.60. The van der Waals surface area contributed by atoms with Crippen molar-refractivity contribution in [1.29, 1.82) is 0 Å². The first-order chi connectivity index (χ1) is 13.1. The van der Waals surface area contributed by atoms with Crippen LogP contribution in [0.25, 0.3) is 10.9 Å². The summed E-state index contributed by atoms with van der Waals surface area (Å²) in [6.45, 7) is 1.89. The van der Waals surface area contributed by atoms with Crippen LogP contribution in [0.4, 0.5) is 5.82 Å². The zero-order chi connectivity index (χ0) is 18.8. The van der Waals surface area contributed by atoms with Gasteiger partial charge in [0.15, 0.2) is 0 Å². The van der Waals surface area contributed by atoms with Crippen molar-refractivity contribution in [3.63, 3.8) is 0 Å². The number of aryl methyl sites for hydroxylation is 1. The molecule has 2 aromatic heterocycles. The molecule has 0 aliphatic heterocycles. The number of aromatic nitrogens is 2. The van der Waals surface area contributed by atoms with Gasteiger partial charge in [0.2, 0.25) is 0 Å². The molecular weight excluding hydrogens is 338 g/mol. The van der Waals surface area contributed by atoms with E-state index in [0.29, 0.717) is 16.9 Å². The van der Waals surface area contributed by atoms with Gasteiger partial charge in [-0.05, 0) is 42.8 Å². The monoisotopic (exact) mass is 357 g/mol. The maximum Gasteiger partial charge on any atom is 0.147 e. The average molecular weight is 357 g/mol. The normalized spacial score (nSPS) is 12.0. The average Bonchev–Trinajstić information content (AvgIpc) is 2.68. The van der Waals surface area contributed by atoms with Gasteiger partial charge in [-0.3, -0.25) is 0 Å². The van der Waals surface area contributed by atoms with Crippen LogP contribution in [0, 0.1) is 6.92 Å². The Bertz CT molecular complexity index is 1100. The van der Waals surface area contributed by atoms with Gasteiger partial charge in [0.25, 0.3) is 0 Å². The largest absolute Gasteiger partial charge is 0.508 e. The highest BCUT2D eigenvalue weighted by atomic mass is 16.3. The number of fused-ring (bicyclic) bond motifs is 1. The molecule has 0 unspecified atom stereocenters. The summed E-state index contributed by atoms with van der Waals surface area (Å²) in [5.41, 5.74) is 2.86. The van der Waals surface area contributed by atoms with E-state index < -0.39 is 6.04 Å². The molecule has 2 heterocycles. The zero-order valence-corrected chi connectivity index (χ0v) is 14.8. The first kappa shape index (κ1) is 16.8. The second-order valence-corrected chi connectivity index (χ2v) is 6.42. The van der Waals surface area contributed by atoms with Gasteiger partial charge in [0.1, 0.15) is 22.8 Å². The minimum absolute atomic E-state index is 0.118. The molecule has 5 nitrogen and oxygen atoms in total. The van der Waals surface area contributed by atoms with Crippen LogP contribution in [0.2, 0.25) is 0 Å². The summed E-state index contributed by atoms with van der Waals surface area (Å²) in [7, 11) is 0. The van der Waals surface area contributed by atoms with Crippen LogP contribution in [-0.4, -0.2) is 20.2 Å². The number of pyridine rings is 2. The first-order valence-electron chi connectivity index (χ1n) is 8.67. The number of rotatable bonds is 4. The molecule has 0 bridgehead atoms. The highest BCUT2D eigenvalue weighted by Gasteiger charge is 2.21. The fourth-order valence-corrected chi connectivity index (χ4v) is 3.16. The van der Waals surface area contributed by atoms with Crippen LogP contribution >= 0.6 is 0 Å². The molecule has 0 aliphatic carbocycles. The van der Waals surface area contributed by atoms with Crippen molar-refractivity contribution in [1.82, 2.24) is 9.97 Å². The number of hydrogen-bond acceptors (Lipinski definition) is 5. The summed E-state index contributed by atoms with van der Waals surface area (Å²) < 4.78 is 0. The highest BCUT2D eigenvalue weighted by Crippen LogP contribution is 2.37. The lowest BCUT2D eigenvalue weighted by atomic mass is 9.96. The van der Waals surface area contributed by atoms with Gasteiger partial charge in [-0.15, -0.1) is 0 Å². The Balaban J connectivity index is 1.87. The maximum atomic E-state index is 11.0. The SMILES string of the molecule is Cc1ccc2ccc([C@@H](Nc3ccccn3)c3cccc(O)c3)c(O)c2n1. The van der Waals surface area contributed by atoms with Crippen LogP contribution in [0.15, 0.2) is 72.9 Å². The van der Waals surface area contributed by atoms with Crippen molar-refractivity contribution < 1.29 is 10.2 Å². The van der Waals surface area contributed by atoms with Crippen LogP contribution in [0.1, 0.15) is 22.9 Å². The lowest BCUT2D eigenvalue weighted by molar-refractivity contribution is 0.469. The number of nitrogens with zero attached hydrogens (tertiary/aromatic N) is 2. The Morgan fingerprint density at radius 2 is 1.78 bits per heavy atom. The molecule has 3 N–H and O–H groups in total. The fourth-order valence-electron chi connectivity index (χ4n) is 3.16. The number of phenolic OH excluding ortho intramolecular Hbond substituents is 2. The van der Waals surface area contributed by atoms with Crippen molar-refractivity contribution in [3.05, 3.63) is 89.7 Å². The molecule has 2 aromatic carbocycles. The van der Waals surface area contributed by atoms with E-state index in [9.17, 15) is 10.2 Å². The predicted molar refractivity (Wildman–Crippen MR) is 106 cm³/mol. The van der Waals surface area contributed by atoms with Crippen molar-refractivity contribution in [3.8, 4) is 11.5 Å². The van der Waals surface area contributed by atoms with E-state index >= 15 is 0 Å². The van der Waals surface area contributed by atoms with Crippen LogP contribution < -0.4 is 5.32 Å². The van der Waals surface area contributed by atoms with Gasteiger partial charge >= 0.3 is 0 Å². The number of benzene rings is 2. The summed E-state index contributed by atoms with van der Waals surface area (Å²) >= 11 is 0. The maximum absolute atomic E-state index is 11.0. The van der Waals surface area contributed by atoms with Gasteiger partial charge in [-0.1, -0.05) is 36.4 Å². The highest BCUT2D eigenvalue weighted by molar-refractivity contribution is 5.86. The summed E-state index contributed by atoms with van der Waals surface area (Å²) in [6, 6.07) is 19.8. The number of anilines is 1. The molecular formula is C22H19N3O2. The second kappa shape index (κ2) is 6.96. The summed E-state index contributed by atoms with van der Waals surface area (Å²) in [6.07, 6.45) is 1.70. The Morgan fingerprint density at radius 1 is 0.926 bits per heavy atom. The van der Waals surface area contributed by atoms with Gasteiger partial charge in [0, 0.05) is 22.8 Å². The molecule has 4 rings (SSSR count). The molecule has 0 aliphatic rings. The van der Waals surface area contributed by atoms with Gasteiger partial charge < -0.3 is 15.5 Å². The molecule has 0 spiro atoms. The van der Waals surface area contributed by atoms with Gasteiger partial charge in [-0.25, -0.2) is 9.97 Å². The van der Waals surface area contributed by atoms with Crippen molar-refractivity contribution in [2.45, 2.75) is 13.0 Å². The molecule has 27 heavy (non-hydrogen) atoms. The molecule has 134 valence electrons.